The minimum absolute atomic E-state index is 0.128. The van der Waals surface area contributed by atoms with E-state index in [1.165, 1.54) is 31.2 Å². The van der Waals surface area contributed by atoms with Crippen LogP contribution in [0.4, 0.5) is 0 Å². The Balaban J connectivity index is 2.55. The van der Waals surface area contributed by atoms with Crippen LogP contribution in [-0.4, -0.2) is 38.7 Å². The lowest BCUT2D eigenvalue weighted by atomic mass is 9.89. The van der Waals surface area contributed by atoms with E-state index in [9.17, 15) is 8.42 Å². The second-order valence-corrected chi connectivity index (χ2v) is 6.98. The van der Waals surface area contributed by atoms with Crippen molar-refractivity contribution in [2.75, 3.05) is 26.0 Å². The zero-order chi connectivity index (χ0) is 11.5. The average molecular weight is 299 g/mol. The second kappa shape index (κ2) is 5.12. The lowest BCUT2D eigenvalue weighted by molar-refractivity contribution is 0.343. The van der Waals surface area contributed by atoms with E-state index in [2.05, 4.69) is 20.7 Å². The summed E-state index contributed by atoms with van der Waals surface area (Å²) in [5, 5.41) is 0.871. The van der Waals surface area contributed by atoms with Crippen LogP contribution in [0.15, 0.2) is 0 Å². The van der Waals surface area contributed by atoms with Gasteiger partial charge in [-0.05, 0) is 18.3 Å². The summed E-state index contributed by atoms with van der Waals surface area (Å²) in [7, 11) is -0.192. The van der Waals surface area contributed by atoms with Crippen LogP contribution in [0.2, 0.25) is 0 Å². The van der Waals surface area contributed by atoms with E-state index in [0.717, 1.165) is 18.2 Å². The van der Waals surface area contributed by atoms with Crippen LogP contribution in [-0.2, 0) is 10.2 Å². The molecule has 1 saturated carbocycles. The van der Waals surface area contributed by atoms with Crippen molar-refractivity contribution in [2.45, 2.75) is 25.7 Å². The molecule has 4 nitrogen and oxygen atoms in total. The van der Waals surface area contributed by atoms with E-state index in [1.807, 2.05) is 0 Å². The summed E-state index contributed by atoms with van der Waals surface area (Å²) in [4.78, 5) is 0. The number of rotatable bonds is 5. The van der Waals surface area contributed by atoms with Crippen molar-refractivity contribution in [3.63, 3.8) is 0 Å². The SMILES string of the molecule is CN(C)S(=O)(=O)NCC1(CBr)CCCC1. The van der Waals surface area contributed by atoms with E-state index in [1.54, 1.807) is 0 Å². The first kappa shape index (κ1) is 13.4. The van der Waals surface area contributed by atoms with Crippen molar-refractivity contribution in [2.24, 2.45) is 5.41 Å². The first-order valence-corrected chi connectivity index (χ1v) is 7.71. The van der Waals surface area contributed by atoms with Gasteiger partial charge in [0.1, 0.15) is 0 Å². The molecule has 0 unspecified atom stereocenters. The Morgan fingerprint density at radius 3 is 2.27 bits per heavy atom. The van der Waals surface area contributed by atoms with E-state index in [0.29, 0.717) is 6.54 Å². The summed E-state index contributed by atoms with van der Waals surface area (Å²) in [5.74, 6) is 0. The predicted octanol–water partition coefficient (Wildman–Crippen LogP) is 1.34. The van der Waals surface area contributed by atoms with Gasteiger partial charge in [-0.15, -0.1) is 0 Å². The molecular weight excluding hydrogens is 280 g/mol. The maximum absolute atomic E-state index is 11.5. The highest BCUT2D eigenvalue weighted by atomic mass is 79.9. The molecule has 1 N–H and O–H groups in total. The van der Waals surface area contributed by atoms with Crippen molar-refractivity contribution >= 4 is 26.1 Å². The minimum Gasteiger partial charge on any atom is -0.202 e. The molecule has 1 rings (SSSR count). The van der Waals surface area contributed by atoms with Crippen LogP contribution in [0.1, 0.15) is 25.7 Å². The zero-order valence-corrected chi connectivity index (χ0v) is 11.7. The monoisotopic (exact) mass is 298 g/mol. The molecule has 0 aromatic carbocycles. The fraction of sp³-hybridized carbons (Fsp3) is 1.00. The molecule has 1 aliphatic rings. The molecule has 90 valence electrons. The lowest BCUT2D eigenvalue weighted by Crippen LogP contribution is -2.42. The van der Waals surface area contributed by atoms with Crippen LogP contribution in [0.25, 0.3) is 0 Å². The molecule has 0 radical (unpaired) electrons. The molecule has 0 aromatic heterocycles. The molecular formula is C9H19BrN2O2S. The summed E-state index contributed by atoms with van der Waals surface area (Å²) in [5.41, 5.74) is 0.128. The van der Waals surface area contributed by atoms with Crippen LogP contribution in [0.3, 0.4) is 0 Å². The third kappa shape index (κ3) is 3.41. The Labute approximate surface area is 101 Å². The van der Waals surface area contributed by atoms with E-state index < -0.39 is 10.2 Å². The smallest absolute Gasteiger partial charge is 0.202 e. The van der Waals surface area contributed by atoms with Gasteiger partial charge in [0.05, 0.1) is 0 Å². The zero-order valence-electron chi connectivity index (χ0n) is 9.29. The second-order valence-electron chi connectivity index (χ2n) is 4.45. The number of halogens is 1. The van der Waals surface area contributed by atoms with Gasteiger partial charge < -0.3 is 0 Å². The van der Waals surface area contributed by atoms with Gasteiger partial charge in [-0.2, -0.15) is 12.7 Å². The van der Waals surface area contributed by atoms with E-state index >= 15 is 0 Å². The van der Waals surface area contributed by atoms with Gasteiger partial charge in [0, 0.05) is 26.0 Å². The predicted molar refractivity (Wildman–Crippen MR) is 65.3 cm³/mol. The van der Waals surface area contributed by atoms with Crippen LogP contribution in [0.5, 0.6) is 0 Å². The Morgan fingerprint density at radius 1 is 1.33 bits per heavy atom. The largest absolute Gasteiger partial charge is 0.278 e. The van der Waals surface area contributed by atoms with Crippen molar-refractivity contribution < 1.29 is 8.42 Å². The first-order chi connectivity index (χ1) is 6.92. The summed E-state index contributed by atoms with van der Waals surface area (Å²) in [6.45, 7) is 0.540. The molecule has 0 heterocycles. The van der Waals surface area contributed by atoms with Gasteiger partial charge in [-0.25, -0.2) is 4.72 Å². The molecule has 0 amide bonds. The standard InChI is InChI=1S/C9H19BrN2O2S/c1-12(2)15(13,14)11-8-9(7-10)5-3-4-6-9/h11H,3-8H2,1-2H3. The van der Waals surface area contributed by atoms with Gasteiger partial charge in [-0.1, -0.05) is 28.8 Å². The Morgan fingerprint density at radius 2 is 1.87 bits per heavy atom. The average Bonchev–Trinajstić information content (AvgIpc) is 2.64. The van der Waals surface area contributed by atoms with Crippen LogP contribution < -0.4 is 4.72 Å². The maximum atomic E-state index is 11.5. The fourth-order valence-electron chi connectivity index (χ4n) is 1.86. The number of hydrogen-bond donors (Lipinski definition) is 1. The molecule has 0 atom stereocenters. The molecule has 0 saturated heterocycles. The topological polar surface area (TPSA) is 49.4 Å². The van der Waals surface area contributed by atoms with Crippen molar-refractivity contribution in [1.82, 2.24) is 9.03 Å². The number of nitrogens with one attached hydrogen (secondary N) is 1. The highest BCUT2D eigenvalue weighted by molar-refractivity contribution is 9.09. The van der Waals surface area contributed by atoms with Crippen molar-refractivity contribution in [3.05, 3.63) is 0 Å². The first-order valence-electron chi connectivity index (χ1n) is 5.15. The molecule has 0 aliphatic heterocycles. The minimum atomic E-state index is -3.27. The number of hydrogen-bond acceptors (Lipinski definition) is 2. The molecule has 0 spiro atoms. The van der Waals surface area contributed by atoms with Crippen molar-refractivity contribution in [1.29, 1.82) is 0 Å². The van der Waals surface area contributed by atoms with Crippen LogP contribution in [0, 0.1) is 5.41 Å². The third-order valence-electron chi connectivity index (χ3n) is 3.06. The third-order valence-corrected chi connectivity index (χ3v) is 5.72. The molecule has 0 bridgehead atoms. The van der Waals surface area contributed by atoms with Gasteiger partial charge in [0.15, 0.2) is 0 Å². The van der Waals surface area contributed by atoms with Gasteiger partial charge in [0.2, 0.25) is 0 Å². The maximum Gasteiger partial charge on any atom is 0.278 e. The summed E-state index contributed by atoms with van der Waals surface area (Å²) in [6, 6.07) is 0. The quantitative estimate of drug-likeness (QED) is 0.779. The van der Waals surface area contributed by atoms with E-state index in [-0.39, 0.29) is 5.41 Å². The van der Waals surface area contributed by atoms with E-state index in [4.69, 9.17) is 0 Å². The Kier molecular flexibility index (Phi) is 4.58. The normalized spacial score (nSPS) is 21.1. The molecule has 1 aliphatic carbocycles. The summed E-state index contributed by atoms with van der Waals surface area (Å²) >= 11 is 3.49. The highest BCUT2D eigenvalue weighted by Gasteiger charge is 2.34. The molecule has 6 heteroatoms. The number of alkyl halides is 1. The highest BCUT2D eigenvalue weighted by Crippen LogP contribution is 2.39. The van der Waals surface area contributed by atoms with Crippen molar-refractivity contribution in [3.8, 4) is 0 Å². The van der Waals surface area contributed by atoms with Gasteiger partial charge in [-0.3, -0.25) is 0 Å². The summed E-state index contributed by atoms with van der Waals surface area (Å²) in [6.07, 6.45) is 4.62. The van der Waals surface area contributed by atoms with Gasteiger partial charge in [0.25, 0.3) is 10.2 Å². The number of nitrogens with zero attached hydrogens (tertiary/aromatic N) is 1. The summed E-state index contributed by atoms with van der Waals surface area (Å²) < 4.78 is 27.0. The van der Waals surface area contributed by atoms with Crippen LogP contribution >= 0.6 is 15.9 Å². The Hall–Kier alpha value is 0.350. The van der Waals surface area contributed by atoms with Gasteiger partial charge >= 0.3 is 0 Å². The molecule has 0 aromatic rings. The molecule has 15 heavy (non-hydrogen) atoms. The lowest BCUT2D eigenvalue weighted by Gasteiger charge is -2.27. The Bertz CT molecular complexity index is 297. The fourth-order valence-corrected chi connectivity index (χ4v) is 3.36. The molecule has 1 fully saturated rings.